The van der Waals surface area contributed by atoms with Crippen molar-refractivity contribution in [3.05, 3.63) is 59.2 Å². The molecule has 0 aliphatic carbocycles. The Kier molecular flexibility index (Phi) is 3.94. The van der Waals surface area contributed by atoms with E-state index in [4.69, 9.17) is 10.8 Å². The summed E-state index contributed by atoms with van der Waals surface area (Å²) in [5, 5.41) is 11.5. The van der Waals surface area contributed by atoms with Crippen LogP contribution in [0.5, 0.6) is 0 Å². The number of carboxylic acid groups (broad SMARTS) is 1. The predicted molar refractivity (Wildman–Crippen MR) is 91.9 cm³/mol. The molecule has 27 heavy (non-hydrogen) atoms. The molecule has 1 aromatic heterocycles. The first-order valence-electron chi connectivity index (χ1n) is 8.22. The van der Waals surface area contributed by atoms with Crippen molar-refractivity contribution in [3.63, 3.8) is 0 Å². The topological polar surface area (TPSA) is 93.2 Å². The normalized spacial score (nSPS) is 19.1. The fraction of sp³-hybridized carbons (Fsp3) is 0.222. The maximum atomic E-state index is 14.3. The van der Waals surface area contributed by atoms with Gasteiger partial charge in [-0.3, -0.25) is 0 Å². The van der Waals surface area contributed by atoms with Crippen LogP contribution in [0.3, 0.4) is 0 Å². The number of anilines is 1. The number of nitrogens with one attached hydrogen (secondary N) is 1. The molecule has 4 N–H and O–H groups in total. The minimum Gasteiger partial charge on any atom is -0.465 e. The minimum atomic E-state index is -1.29. The number of carbonyl (C=O) groups is 1. The summed E-state index contributed by atoms with van der Waals surface area (Å²) in [4.78, 5) is 15.7. The Labute approximate surface area is 151 Å². The summed E-state index contributed by atoms with van der Waals surface area (Å²) in [7, 11) is 0. The first kappa shape index (κ1) is 17.2. The lowest BCUT2D eigenvalue weighted by Crippen LogP contribution is -2.45. The van der Waals surface area contributed by atoms with E-state index in [9.17, 15) is 18.0 Å². The van der Waals surface area contributed by atoms with Gasteiger partial charge in [-0.1, -0.05) is 0 Å². The largest absolute Gasteiger partial charge is 0.465 e. The van der Waals surface area contributed by atoms with E-state index in [-0.39, 0.29) is 18.5 Å². The Morgan fingerprint density at radius 2 is 1.93 bits per heavy atom. The Hall–Kier alpha value is -3.23. The summed E-state index contributed by atoms with van der Waals surface area (Å²) in [5.41, 5.74) is 7.61. The molecule has 6 nitrogen and oxygen atoms in total. The number of hydrogen-bond acceptors (Lipinski definition) is 3. The zero-order chi connectivity index (χ0) is 19.3. The average molecular weight is 376 g/mol. The molecule has 0 saturated carbocycles. The van der Waals surface area contributed by atoms with Gasteiger partial charge in [0.15, 0.2) is 11.6 Å². The summed E-state index contributed by atoms with van der Waals surface area (Å²) >= 11 is 0. The van der Waals surface area contributed by atoms with E-state index >= 15 is 0 Å². The second-order valence-electron chi connectivity index (χ2n) is 6.54. The van der Waals surface area contributed by atoms with Crippen LogP contribution in [0.1, 0.15) is 17.3 Å². The number of amides is 1. The third-order valence-electron chi connectivity index (χ3n) is 4.87. The minimum absolute atomic E-state index is 0.0922. The molecule has 0 fully saturated rings. The molecular formula is C18H15F3N4O2. The van der Waals surface area contributed by atoms with Gasteiger partial charge in [0.2, 0.25) is 0 Å². The molecule has 0 saturated heterocycles. The van der Waals surface area contributed by atoms with Crippen molar-refractivity contribution < 1.29 is 23.1 Å². The van der Waals surface area contributed by atoms with Crippen molar-refractivity contribution in [3.8, 4) is 0 Å². The fourth-order valence-electron chi connectivity index (χ4n) is 3.67. The molecular weight excluding hydrogens is 361 g/mol. The van der Waals surface area contributed by atoms with E-state index in [0.29, 0.717) is 23.1 Å². The number of nitrogen functional groups attached to an aromatic ring is 1. The molecule has 1 aliphatic heterocycles. The van der Waals surface area contributed by atoms with Crippen LogP contribution in [-0.4, -0.2) is 26.8 Å². The Bertz CT molecular complexity index is 1070. The molecule has 4 rings (SSSR count). The monoisotopic (exact) mass is 376 g/mol. The van der Waals surface area contributed by atoms with Gasteiger partial charge in [-0.25, -0.2) is 22.9 Å². The lowest BCUT2D eigenvalue weighted by Gasteiger charge is -2.33. The van der Waals surface area contributed by atoms with E-state index in [1.54, 1.807) is 18.2 Å². The molecule has 9 heteroatoms. The van der Waals surface area contributed by atoms with Gasteiger partial charge in [-0.2, -0.15) is 0 Å². The van der Waals surface area contributed by atoms with Gasteiger partial charge in [-0.15, -0.1) is 0 Å². The number of nitrogens with zero attached hydrogens (tertiary/aromatic N) is 2. The Balaban J connectivity index is 1.83. The first-order valence-corrected chi connectivity index (χ1v) is 8.22. The smallest absolute Gasteiger partial charge is 0.404 e. The molecule has 0 bridgehead atoms. The summed E-state index contributed by atoms with van der Waals surface area (Å²) in [6.07, 6.45) is -1.13. The van der Waals surface area contributed by atoms with Crippen molar-refractivity contribution in [2.24, 2.45) is 0 Å². The zero-order valence-electron chi connectivity index (χ0n) is 13.9. The molecule has 1 aliphatic rings. The van der Waals surface area contributed by atoms with Gasteiger partial charge in [0.25, 0.3) is 0 Å². The highest BCUT2D eigenvalue weighted by atomic mass is 19.2. The SMILES string of the molecule is Nc1ccc2c(c1)nc1n2C[C@H](NC(=O)O)[C@@H](c2cc(F)c(F)cc2F)C1. The lowest BCUT2D eigenvalue weighted by molar-refractivity contribution is 0.183. The van der Waals surface area contributed by atoms with Crippen LogP contribution in [0.25, 0.3) is 11.0 Å². The third kappa shape index (κ3) is 2.94. The van der Waals surface area contributed by atoms with Crippen LogP contribution in [0, 0.1) is 17.5 Å². The molecule has 0 radical (unpaired) electrons. The second kappa shape index (κ2) is 6.19. The fourth-order valence-corrected chi connectivity index (χ4v) is 3.67. The number of nitrogens with two attached hydrogens (primary N) is 1. The first-order chi connectivity index (χ1) is 12.8. The average Bonchev–Trinajstić information content (AvgIpc) is 2.93. The van der Waals surface area contributed by atoms with Crippen molar-refractivity contribution in [2.45, 2.75) is 24.9 Å². The molecule has 140 valence electrons. The number of fused-ring (bicyclic) bond motifs is 3. The molecule has 1 amide bonds. The van der Waals surface area contributed by atoms with Gasteiger partial charge >= 0.3 is 6.09 Å². The highest BCUT2D eigenvalue weighted by Gasteiger charge is 2.35. The van der Waals surface area contributed by atoms with Crippen LogP contribution in [0.4, 0.5) is 23.7 Å². The summed E-state index contributed by atoms with van der Waals surface area (Å²) in [6, 6.07) is 5.68. The molecule has 0 unspecified atom stereocenters. The zero-order valence-corrected chi connectivity index (χ0v) is 13.9. The lowest BCUT2D eigenvalue weighted by atomic mass is 9.85. The van der Waals surface area contributed by atoms with Gasteiger partial charge in [0.05, 0.1) is 17.1 Å². The quantitative estimate of drug-likeness (QED) is 0.473. The summed E-state index contributed by atoms with van der Waals surface area (Å²) < 4.78 is 43.2. The number of aromatic nitrogens is 2. The van der Waals surface area contributed by atoms with Gasteiger partial charge in [0.1, 0.15) is 11.6 Å². The van der Waals surface area contributed by atoms with E-state index in [1.165, 1.54) is 0 Å². The highest BCUT2D eigenvalue weighted by Crippen LogP contribution is 2.34. The second-order valence-corrected chi connectivity index (χ2v) is 6.54. The van der Waals surface area contributed by atoms with Gasteiger partial charge in [-0.05, 0) is 29.8 Å². The number of imidazole rings is 1. The van der Waals surface area contributed by atoms with E-state index in [2.05, 4.69) is 10.3 Å². The summed E-state index contributed by atoms with van der Waals surface area (Å²) in [5.74, 6) is -3.55. The molecule has 0 spiro atoms. The Morgan fingerprint density at radius 3 is 2.67 bits per heavy atom. The number of benzene rings is 2. The number of halogens is 3. The van der Waals surface area contributed by atoms with Crippen LogP contribution in [0.15, 0.2) is 30.3 Å². The highest BCUT2D eigenvalue weighted by molar-refractivity contribution is 5.80. The molecule has 2 atom stereocenters. The van der Waals surface area contributed by atoms with Gasteiger partial charge < -0.3 is 20.7 Å². The van der Waals surface area contributed by atoms with Gasteiger partial charge in [0, 0.05) is 30.6 Å². The van der Waals surface area contributed by atoms with E-state index in [0.717, 1.165) is 11.6 Å². The Morgan fingerprint density at radius 1 is 1.19 bits per heavy atom. The maximum Gasteiger partial charge on any atom is 0.404 e. The number of rotatable bonds is 2. The van der Waals surface area contributed by atoms with Crippen molar-refractivity contribution >= 4 is 22.8 Å². The standard InChI is InChI=1S/C18H15F3N4O2/c19-11-6-13(21)12(20)4-9(11)10-5-17-23-14-3-8(22)1-2-16(14)25(17)7-15(10)24-18(26)27/h1-4,6,10,15,24H,5,7,22H2,(H,26,27)/t10-,15+/m1/s1. The van der Waals surface area contributed by atoms with Crippen LogP contribution in [0.2, 0.25) is 0 Å². The molecule has 2 aromatic carbocycles. The third-order valence-corrected chi connectivity index (χ3v) is 4.87. The van der Waals surface area contributed by atoms with E-state index in [1.807, 2.05) is 4.57 Å². The predicted octanol–water partition coefficient (Wildman–Crippen LogP) is 3.01. The van der Waals surface area contributed by atoms with Crippen LogP contribution in [-0.2, 0) is 13.0 Å². The number of hydrogen-bond donors (Lipinski definition) is 3. The van der Waals surface area contributed by atoms with E-state index < -0.39 is 35.5 Å². The maximum absolute atomic E-state index is 14.3. The summed E-state index contributed by atoms with van der Waals surface area (Å²) in [6.45, 7) is 0.172. The van der Waals surface area contributed by atoms with Crippen molar-refractivity contribution in [1.82, 2.24) is 14.9 Å². The molecule has 3 aromatic rings. The van der Waals surface area contributed by atoms with Crippen molar-refractivity contribution in [2.75, 3.05) is 5.73 Å². The molecule has 2 heterocycles. The van der Waals surface area contributed by atoms with Crippen LogP contribution >= 0.6 is 0 Å². The van der Waals surface area contributed by atoms with Crippen molar-refractivity contribution in [1.29, 1.82) is 0 Å². The van der Waals surface area contributed by atoms with Crippen LogP contribution < -0.4 is 11.1 Å².